The maximum atomic E-state index is 12.4. The topological polar surface area (TPSA) is 60.0 Å². The van der Waals surface area contributed by atoms with Crippen LogP contribution in [-0.2, 0) is 16.0 Å². The number of aryl methyl sites for hydroxylation is 2. The predicted molar refractivity (Wildman–Crippen MR) is 80.8 cm³/mol. The Morgan fingerprint density at radius 1 is 1.36 bits per heavy atom. The zero-order chi connectivity index (χ0) is 15.5. The monoisotopic (exact) mass is 308 g/mol. The molecule has 0 bridgehead atoms. The molecule has 1 aromatic heterocycles. The summed E-state index contributed by atoms with van der Waals surface area (Å²) in [6.07, 6.45) is 3.22. The molecule has 2 saturated heterocycles. The molecule has 3 rings (SSSR count). The lowest BCUT2D eigenvalue weighted by Crippen LogP contribution is -3.15. The minimum absolute atomic E-state index is 0.186. The molecule has 22 heavy (non-hydrogen) atoms. The SMILES string of the molecule is Cc1noc(C)c1CC(=O)N1CC[NH+](C[C@@H]2CCCO2)CC1. The van der Waals surface area contributed by atoms with E-state index >= 15 is 0 Å². The first kappa shape index (κ1) is 15.5. The summed E-state index contributed by atoms with van der Waals surface area (Å²) in [7, 11) is 0. The summed E-state index contributed by atoms with van der Waals surface area (Å²) in [5, 5.41) is 3.92. The van der Waals surface area contributed by atoms with Crippen LogP contribution in [0.25, 0.3) is 0 Å². The van der Waals surface area contributed by atoms with Gasteiger partial charge in [-0.2, -0.15) is 0 Å². The minimum atomic E-state index is 0.186. The summed E-state index contributed by atoms with van der Waals surface area (Å²) in [5.74, 6) is 0.944. The Labute approximate surface area is 131 Å². The van der Waals surface area contributed by atoms with Crippen molar-refractivity contribution in [1.29, 1.82) is 0 Å². The maximum Gasteiger partial charge on any atom is 0.227 e. The Bertz CT molecular complexity index is 495. The van der Waals surface area contributed by atoms with Gasteiger partial charge in [0.25, 0.3) is 0 Å². The number of carbonyl (C=O) groups is 1. The molecule has 2 fully saturated rings. The van der Waals surface area contributed by atoms with E-state index in [2.05, 4.69) is 5.16 Å². The number of hydrogen-bond acceptors (Lipinski definition) is 4. The number of hydrogen-bond donors (Lipinski definition) is 1. The van der Waals surface area contributed by atoms with Gasteiger partial charge in [0.2, 0.25) is 5.91 Å². The van der Waals surface area contributed by atoms with Gasteiger partial charge < -0.3 is 19.1 Å². The van der Waals surface area contributed by atoms with Crippen molar-refractivity contribution in [3.05, 3.63) is 17.0 Å². The van der Waals surface area contributed by atoms with E-state index in [1.165, 1.54) is 12.8 Å². The molecule has 6 heteroatoms. The van der Waals surface area contributed by atoms with Crippen LogP contribution in [0.5, 0.6) is 0 Å². The van der Waals surface area contributed by atoms with Gasteiger partial charge in [-0.3, -0.25) is 4.79 Å². The lowest BCUT2D eigenvalue weighted by atomic mass is 10.1. The molecule has 2 aliphatic heterocycles. The van der Waals surface area contributed by atoms with E-state index < -0.39 is 0 Å². The van der Waals surface area contributed by atoms with Gasteiger partial charge in [-0.15, -0.1) is 0 Å². The molecule has 122 valence electrons. The van der Waals surface area contributed by atoms with E-state index in [1.54, 1.807) is 4.90 Å². The Morgan fingerprint density at radius 2 is 2.14 bits per heavy atom. The molecular formula is C16H26N3O3+. The number of nitrogens with one attached hydrogen (secondary N) is 1. The van der Waals surface area contributed by atoms with Gasteiger partial charge in [-0.25, -0.2) is 0 Å². The summed E-state index contributed by atoms with van der Waals surface area (Å²) in [5.41, 5.74) is 1.77. The van der Waals surface area contributed by atoms with Gasteiger partial charge in [0.05, 0.1) is 38.3 Å². The molecule has 0 spiro atoms. The summed E-state index contributed by atoms with van der Waals surface area (Å²) in [4.78, 5) is 16.0. The van der Waals surface area contributed by atoms with Gasteiger partial charge >= 0.3 is 0 Å². The molecule has 0 aliphatic carbocycles. The van der Waals surface area contributed by atoms with E-state index in [4.69, 9.17) is 9.26 Å². The summed E-state index contributed by atoms with van der Waals surface area (Å²) >= 11 is 0. The fraction of sp³-hybridized carbons (Fsp3) is 0.750. The lowest BCUT2D eigenvalue weighted by molar-refractivity contribution is -0.906. The Balaban J connectivity index is 1.47. The fourth-order valence-corrected chi connectivity index (χ4v) is 3.42. The zero-order valence-corrected chi connectivity index (χ0v) is 13.6. The number of nitrogens with zero attached hydrogens (tertiary/aromatic N) is 2. The molecule has 1 aromatic rings. The molecule has 1 amide bonds. The van der Waals surface area contributed by atoms with E-state index in [1.807, 2.05) is 18.7 Å². The smallest absolute Gasteiger partial charge is 0.227 e. The first-order chi connectivity index (χ1) is 10.6. The van der Waals surface area contributed by atoms with E-state index in [0.717, 1.165) is 56.3 Å². The number of aromatic nitrogens is 1. The van der Waals surface area contributed by atoms with Crippen LogP contribution >= 0.6 is 0 Å². The Morgan fingerprint density at radius 3 is 2.73 bits per heavy atom. The highest BCUT2D eigenvalue weighted by Crippen LogP contribution is 2.14. The van der Waals surface area contributed by atoms with Gasteiger partial charge in [-0.05, 0) is 26.7 Å². The molecule has 1 atom stereocenters. The van der Waals surface area contributed by atoms with Crippen LogP contribution < -0.4 is 4.90 Å². The van der Waals surface area contributed by atoms with Crippen LogP contribution in [0.2, 0.25) is 0 Å². The molecule has 0 aromatic carbocycles. The number of carbonyl (C=O) groups excluding carboxylic acids is 1. The summed E-state index contributed by atoms with van der Waals surface area (Å²) < 4.78 is 10.8. The average Bonchev–Trinajstić information content (AvgIpc) is 3.13. The molecule has 0 unspecified atom stereocenters. The largest absolute Gasteiger partial charge is 0.372 e. The molecule has 1 N–H and O–H groups in total. The second kappa shape index (κ2) is 6.79. The molecular weight excluding hydrogens is 282 g/mol. The van der Waals surface area contributed by atoms with Gasteiger partial charge in [0.15, 0.2) is 0 Å². The van der Waals surface area contributed by atoms with Crippen molar-refractivity contribution in [2.45, 2.75) is 39.2 Å². The van der Waals surface area contributed by atoms with Crippen molar-refractivity contribution >= 4 is 5.91 Å². The van der Waals surface area contributed by atoms with Crippen LogP contribution in [0.4, 0.5) is 0 Å². The van der Waals surface area contributed by atoms with Crippen LogP contribution in [0.3, 0.4) is 0 Å². The van der Waals surface area contributed by atoms with Crippen LogP contribution in [0.15, 0.2) is 4.52 Å². The Hall–Kier alpha value is -1.40. The third-order valence-corrected chi connectivity index (χ3v) is 4.87. The van der Waals surface area contributed by atoms with Crippen molar-refractivity contribution in [3.63, 3.8) is 0 Å². The van der Waals surface area contributed by atoms with Crippen LogP contribution in [0, 0.1) is 13.8 Å². The van der Waals surface area contributed by atoms with Crippen molar-refractivity contribution < 1.29 is 19.0 Å². The quantitative estimate of drug-likeness (QED) is 0.833. The summed E-state index contributed by atoms with van der Waals surface area (Å²) in [6.45, 7) is 9.48. The predicted octanol–water partition coefficient (Wildman–Crippen LogP) is -0.260. The number of rotatable bonds is 4. The standard InChI is InChI=1S/C16H25N3O3/c1-12-15(13(2)22-17-12)10-16(20)19-7-5-18(6-8-19)11-14-4-3-9-21-14/h14H,3-11H2,1-2H3/p+1/t14-/m0/s1. The normalized spacial score (nSPS) is 23.2. The third kappa shape index (κ3) is 3.50. The lowest BCUT2D eigenvalue weighted by Gasteiger charge is -2.33. The van der Waals surface area contributed by atoms with E-state index in [0.29, 0.717) is 12.5 Å². The molecule has 2 aliphatic rings. The second-order valence-corrected chi connectivity index (χ2v) is 6.45. The van der Waals surface area contributed by atoms with Crippen molar-refractivity contribution in [2.75, 3.05) is 39.3 Å². The van der Waals surface area contributed by atoms with Crippen LogP contribution in [-0.4, -0.2) is 61.4 Å². The first-order valence-electron chi connectivity index (χ1n) is 8.28. The van der Waals surface area contributed by atoms with Gasteiger partial charge in [0, 0.05) is 12.2 Å². The molecule has 6 nitrogen and oxygen atoms in total. The number of quaternary nitrogens is 1. The van der Waals surface area contributed by atoms with Crippen molar-refractivity contribution in [2.24, 2.45) is 0 Å². The van der Waals surface area contributed by atoms with E-state index in [-0.39, 0.29) is 5.91 Å². The maximum absolute atomic E-state index is 12.4. The minimum Gasteiger partial charge on any atom is -0.372 e. The van der Waals surface area contributed by atoms with E-state index in [9.17, 15) is 4.79 Å². The van der Waals surface area contributed by atoms with Crippen molar-refractivity contribution in [1.82, 2.24) is 10.1 Å². The number of ether oxygens (including phenoxy) is 1. The second-order valence-electron chi connectivity index (χ2n) is 6.45. The number of piperazine rings is 1. The van der Waals surface area contributed by atoms with Crippen LogP contribution in [0.1, 0.15) is 29.9 Å². The van der Waals surface area contributed by atoms with Crippen molar-refractivity contribution in [3.8, 4) is 0 Å². The summed E-state index contributed by atoms with van der Waals surface area (Å²) in [6, 6.07) is 0. The first-order valence-corrected chi connectivity index (χ1v) is 8.28. The zero-order valence-electron chi connectivity index (χ0n) is 13.6. The molecule has 3 heterocycles. The number of amides is 1. The highest BCUT2D eigenvalue weighted by molar-refractivity contribution is 5.79. The average molecular weight is 308 g/mol. The van der Waals surface area contributed by atoms with Gasteiger partial charge in [0.1, 0.15) is 18.4 Å². The van der Waals surface area contributed by atoms with Gasteiger partial charge in [-0.1, -0.05) is 5.16 Å². The highest BCUT2D eigenvalue weighted by atomic mass is 16.5. The molecule has 0 saturated carbocycles. The molecule has 0 radical (unpaired) electrons. The fourth-order valence-electron chi connectivity index (χ4n) is 3.42. The third-order valence-electron chi connectivity index (χ3n) is 4.87. The highest BCUT2D eigenvalue weighted by Gasteiger charge is 2.28. The Kier molecular flexibility index (Phi) is 4.78.